The van der Waals surface area contributed by atoms with E-state index in [0.717, 1.165) is 30.2 Å². The van der Waals surface area contributed by atoms with Gasteiger partial charge in [0.25, 0.3) is 0 Å². The molecular formula is C18H22ClNO. The second-order valence-corrected chi connectivity index (χ2v) is 5.62. The van der Waals surface area contributed by atoms with Gasteiger partial charge in [-0.05, 0) is 61.7 Å². The standard InChI is InChI=1S/C18H22ClNO/c1-14(16-8-4-10-18(13-16)21-2)20-11-5-7-15-6-3-9-17(19)12-15/h3-4,6,8-10,12-14,20H,5,7,11H2,1-2H3/t14-/m1/s1. The number of methoxy groups -OCH3 is 1. The summed E-state index contributed by atoms with van der Waals surface area (Å²) in [6.07, 6.45) is 2.13. The average molecular weight is 304 g/mol. The van der Waals surface area contributed by atoms with E-state index in [1.54, 1.807) is 7.11 Å². The molecule has 0 radical (unpaired) electrons. The third-order valence-corrected chi connectivity index (χ3v) is 3.81. The van der Waals surface area contributed by atoms with E-state index in [4.69, 9.17) is 16.3 Å². The number of ether oxygens (including phenoxy) is 1. The van der Waals surface area contributed by atoms with Crippen molar-refractivity contribution in [1.82, 2.24) is 5.32 Å². The quantitative estimate of drug-likeness (QED) is 0.753. The molecule has 0 aliphatic rings. The minimum Gasteiger partial charge on any atom is -0.497 e. The summed E-state index contributed by atoms with van der Waals surface area (Å²) >= 11 is 5.99. The third-order valence-electron chi connectivity index (χ3n) is 3.58. The van der Waals surface area contributed by atoms with Crippen LogP contribution >= 0.6 is 11.6 Å². The van der Waals surface area contributed by atoms with Crippen LogP contribution < -0.4 is 10.1 Å². The molecule has 0 saturated heterocycles. The number of halogens is 1. The van der Waals surface area contributed by atoms with Crippen LogP contribution in [0.2, 0.25) is 5.02 Å². The molecule has 2 aromatic rings. The lowest BCUT2D eigenvalue weighted by molar-refractivity contribution is 0.413. The zero-order chi connectivity index (χ0) is 15.1. The summed E-state index contributed by atoms with van der Waals surface area (Å²) < 4.78 is 5.26. The molecule has 0 fully saturated rings. The maximum atomic E-state index is 5.99. The van der Waals surface area contributed by atoms with E-state index in [9.17, 15) is 0 Å². The summed E-state index contributed by atoms with van der Waals surface area (Å²) in [6, 6.07) is 16.6. The van der Waals surface area contributed by atoms with Gasteiger partial charge in [-0.15, -0.1) is 0 Å². The Labute approximate surface area is 132 Å². The summed E-state index contributed by atoms with van der Waals surface area (Å²) in [4.78, 5) is 0. The van der Waals surface area contributed by atoms with Gasteiger partial charge in [-0.2, -0.15) is 0 Å². The van der Waals surface area contributed by atoms with Gasteiger partial charge in [0.2, 0.25) is 0 Å². The van der Waals surface area contributed by atoms with Crippen LogP contribution in [0.3, 0.4) is 0 Å². The summed E-state index contributed by atoms with van der Waals surface area (Å²) in [6.45, 7) is 3.15. The largest absolute Gasteiger partial charge is 0.497 e. The highest BCUT2D eigenvalue weighted by Gasteiger charge is 2.05. The molecule has 0 unspecified atom stereocenters. The second kappa shape index (κ2) is 8.06. The first-order chi connectivity index (χ1) is 10.2. The SMILES string of the molecule is COc1cccc([C@@H](C)NCCCc2cccc(Cl)c2)c1. The zero-order valence-corrected chi connectivity index (χ0v) is 13.4. The molecule has 0 saturated carbocycles. The first-order valence-corrected chi connectivity index (χ1v) is 7.68. The third kappa shape index (κ3) is 5.07. The van der Waals surface area contributed by atoms with Gasteiger partial charge in [0, 0.05) is 11.1 Å². The van der Waals surface area contributed by atoms with Gasteiger partial charge in [0.1, 0.15) is 5.75 Å². The summed E-state index contributed by atoms with van der Waals surface area (Å²) in [7, 11) is 1.70. The minimum absolute atomic E-state index is 0.319. The number of benzene rings is 2. The van der Waals surface area contributed by atoms with Crippen LogP contribution in [-0.2, 0) is 6.42 Å². The molecular weight excluding hydrogens is 282 g/mol. The van der Waals surface area contributed by atoms with E-state index >= 15 is 0 Å². The summed E-state index contributed by atoms with van der Waals surface area (Å²) in [5.74, 6) is 0.903. The number of hydrogen-bond donors (Lipinski definition) is 1. The molecule has 0 bridgehead atoms. The van der Waals surface area contributed by atoms with E-state index < -0.39 is 0 Å². The lowest BCUT2D eigenvalue weighted by Crippen LogP contribution is -2.20. The predicted octanol–water partition coefficient (Wildman–Crippen LogP) is 4.63. The van der Waals surface area contributed by atoms with Crippen molar-refractivity contribution in [3.8, 4) is 5.75 Å². The zero-order valence-electron chi connectivity index (χ0n) is 12.6. The molecule has 2 nitrogen and oxygen atoms in total. The minimum atomic E-state index is 0.319. The molecule has 21 heavy (non-hydrogen) atoms. The Morgan fingerprint density at radius 2 is 1.95 bits per heavy atom. The van der Waals surface area contributed by atoms with Gasteiger partial charge in [-0.3, -0.25) is 0 Å². The predicted molar refractivity (Wildman–Crippen MR) is 89.2 cm³/mol. The smallest absolute Gasteiger partial charge is 0.119 e. The maximum Gasteiger partial charge on any atom is 0.119 e. The second-order valence-electron chi connectivity index (χ2n) is 5.19. The Morgan fingerprint density at radius 1 is 1.14 bits per heavy atom. The fraction of sp³-hybridized carbons (Fsp3) is 0.333. The van der Waals surface area contributed by atoms with Crippen LogP contribution in [0.25, 0.3) is 0 Å². The van der Waals surface area contributed by atoms with Crippen molar-refractivity contribution in [3.05, 3.63) is 64.7 Å². The van der Waals surface area contributed by atoms with Crippen LogP contribution in [0.4, 0.5) is 0 Å². The van der Waals surface area contributed by atoms with E-state index in [1.165, 1.54) is 11.1 Å². The number of nitrogens with one attached hydrogen (secondary N) is 1. The molecule has 0 aromatic heterocycles. The van der Waals surface area contributed by atoms with Gasteiger partial charge >= 0.3 is 0 Å². The van der Waals surface area contributed by atoms with Crippen LogP contribution in [0.15, 0.2) is 48.5 Å². The average Bonchev–Trinajstić information content (AvgIpc) is 2.51. The van der Waals surface area contributed by atoms with Crippen molar-refractivity contribution in [3.63, 3.8) is 0 Å². The summed E-state index contributed by atoms with van der Waals surface area (Å²) in [5.41, 5.74) is 2.54. The molecule has 0 heterocycles. The molecule has 0 amide bonds. The van der Waals surface area contributed by atoms with Gasteiger partial charge in [0.05, 0.1) is 7.11 Å². The Balaban J connectivity index is 1.77. The maximum absolute atomic E-state index is 5.99. The Hall–Kier alpha value is -1.51. The summed E-state index contributed by atoms with van der Waals surface area (Å²) in [5, 5.41) is 4.36. The highest BCUT2D eigenvalue weighted by Crippen LogP contribution is 2.18. The van der Waals surface area contributed by atoms with Crippen LogP contribution in [0.1, 0.15) is 30.5 Å². The fourth-order valence-corrected chi connectivity index (χ4v) is 2.55. The highest BCUT2D eigenvalue weighted by molar-refractivity contribution is 6.30. The first kappa shape index (κ1) is 15.9. The van der Waals surface area contributed by atoms with Crippen molar-refractivity contribution in [1.29, 1.82) is 0 Å². The van der Waals surface area contributed by atoms with E-state index in [1.807, 2.05) is 30.3 Å². The number of aryl methyl sites for hydroxylation is 1. The molecule has 1 N–H and O–H groups in total. The molecule has 2 rings (SSSR count). The Bertz CT molecular complexity index is 571. The van der Waals surface area contributed by atoms with Crippen LogP contribution in [0.5, 0.6) is 5.75 Å². The van der Waals surface area contributed by atoms with Crippen molar-refractivity contribution in [2.75, 3.05) is 13.7 Å². The van der Waals surface area contributed by atoms with Crippen molar-refractivity contribution in [2.45, 2.75) is 25.8 Å². The van der Waals surface area contributed by atoms with Crippen molar-refractivity contribution < 1.29 is 4.74 Å². The molecule has 112 valence electrons. The molecule has 0 spiro atoms. The molecule has 0 aliphatic heterocycles. The van der Waals surface area contributed by atoms with Crippen LogP contribution in [0, 0.1) is 0 Å². The Morgan fingerprint density at radius 3 is 2.71 bits per heavy atom. The van der Waals surface area contributed by atoms with Crippen molar-refractivity contribution >= 4 is 11.6 Å². The van der Waals surface area contributed by atoms with Gasteiger partial charge in [-0.1, -0.05) is 35.9 Å². The van der Waals surface area contributed by atoms with Gasteiger partial charge in [0.15, 0.2) is 0 Å². The lowest BCUT2D eigenvalue weighted by Gasteiger charge is -2.15. The molecule has 1 atom stereocenters. The van der Waals surface area contributed by atoms with E-state index in [-0.39, 0.29) is 0 Å². The molecule has 0 aliphatic carbocycles. The first-order valence-electron chi connectivity index (χ1n) is 7.31. The molecule has 3 heteroatoms. The van der Waals surface area contributed by atoms with Crippen LogP contribution in [-0.4, -0.2) is 13.7 Å². The molecule has 2 aromatic carbocycles. The van der Waals surface area contributed by atoms with Gasteiger partial charge < -0.3 is 10.1 Å². The van der Waals surface area contributed by atoms with E-state index in [0.29, 0.717) is 6.04 Å². The van der Waals surface area contributed by atoms with Gasteiger partial charge in [-0.25, -0.2) is 0 Å². The lowest BCUT2D eigenvalue weighted by atomic mass is 10.1. The highest BCUT2D eigenvalue weighted by atomic mass is 35.5. The fourth-order valence-electron chi connectivity index (χ4n) is 2.33. The monoisotopic (exact) mass is 303 g/mol. The van der Waals surface area contributed by atoms with Crippen molar-refractivity contribution in [2.24, 2.45) is 0 Å². The normalized spacial score (nSPS) is 12.1. The topological polar surface area (TPSA) is 21.3 Å². The van der Waals surface area contributed by atoms with E-state index in [2.05, 4.69) is 30.4 Å². The Kier molecular flexibility index (Phi) is 6.09. The number of rotatable bonds is 7. The number of hydrogen-bond acceptors (Lipinski definition) is 2.